The summed E-state index contributed by atoms with van der Waals surface area (Å²) < 4.78 is 25.8. The summed E-state index contributed by atoms with van der Waals surface area (Å²) >= 11 is 3.52. The van der Waals surface area contributed by atoms with E-state index in [1.165, 1.54) is 19.2 Å². The van der Waals surface area contributed by atoms with Crippen molar-refractivity contribution in [3.8, 4) is 0 Å². The lowest BCUT2D eigenvalue weighted by molar-refractivity contribution is -0.129. The van der Waals surface area contributed by atoms with Crippen LogP contribution >= 0.6 is 15.9 Å². The Bertz CT molecular complexity index is 1400. The van der Waals surface area contributed by atoms with Crippen molar-refractivity contribution in [3.05, 3.63) is 87.9 Å². The predicted octanol–water partition coefficient (Wildman–Crippen LogP) is 4.39. The van der Waals surface area contributed by atoms with E-state index in [0.29, 0.717) is 6.54 Å². The number of alkyl carbamates (subject to hydrolysis) is 1. The third-order valence-corrected chi connectivity index (χ3v) is 9.12. The molecule has 5 atom stereocenters. The zero-order valence-corrected chi connectivity index (χ0v) is 25.2. The van der Waals surface area contributed by atoms with E-state index in [1.807, 2.05) is 36.1 Å². The summed E-state index contributed by atoms with van der Waals surface area (Å²) in [6.07, 6.45) is 4.97. The number of nitrogens with zero attached hydrogens (tertiary/aromatic N) is 2. The fourth-order valence-corrected chi connectivity index (χ4v) is 6.78. The van der Waals surface area contributed by atoms with Crippen LogP contribution in [0.15, 0.2) is 76.5 Å². The summed E-state index contributed by atoms with van der Waals surface area (Å²) in [4.78, 5) is 29.1. The molecule has 4 aliphatic rings. The van der Waals surface area contributed by atoms with Gasteiger partial charge in [0.2, 0.25) is 0 Å². The van der Waals surface area contributed by atoms with Crippen molar-refractivity contribution in [1.29, 1.82) is 0 Å². The van der Waals surface area contributed by atoms with Crippen molar-refractivity contribution >= 4 is 33.6 Å². The van der Waals surface area contributed by atoms with Crippen molar-refractivity contribution in [2.75, 3.05) is 38.3 Å². The van der Waals surface area contributed by atoms with Gasteiger partial charge in [0.1, 0.15) is 18.7 Å². The Morgan fingerprint density at radius 1 is 1.14 bits per heavy atom. The highest BCUT2D eigenvalue weighted by Gasteiger charge is 2.46. The molecule has 0 saturated carbocycles. The molecule has 2 amide bonds. The second kappa shape index (κ2) is 11.6. The largest absolute Gasteiger partial charge is 0.453 e. The fraction of sp³-hybridized carbons (Fsp3) is 0.419. The van der Waals surface area contributed by atoms with Crippen molar-refractivity contribution in [3.63, 3.8) is 0 Å². The lowest BCUT2D eigenvalue weighted by atomic mass is 9.87. The van der Waals surface area contributed by atoms with Gasteiger partial charge in [-0.25, -0.2) is 9.18 Å². The quantitative estimate of drug-likeness (QED) is 0.414. The number of benzene rings is 2. The maximum absolute atomic E-state index is 13.8. The highest BCUT2D eigenvalue weighted by molar-refractivity contribution is 9.10. The van der Waals surface area contributed by atoms with Crippen LogP contribution in [0, 0.1) is 17.7 Å². The van der Waals surface area contributed by atoms with Gasteiger partial charge in [-0.05, 0) is 67.6 Å². The van der Waals surface area contributed by atoms with E-state index in [1.54, 1.807) is 0 Å². The fourth-order valence-electron chi connectivity index (χ4n) is 6.52. The van der Waals surface area contributed by atoms with Crippen LogP contribution in [0.25, 0.3) is 0 Å². The summed E-state index contributed by atoms with van der Waals surface area (Å²) in [6.45, 7) is 3.93. The van der Waals surface area contributed by atoms with Gasteiger partial charge < -0.3 is 29.9 Å². The van der Waals surface area contributed by atoms with E-state index in [9.17, 15) is 14.0 Å². The van der Waals surface area contributed by atoms with Crippen molar-refractivity contribution in [1.82, 2.24) is 20.9 Å². The first kappa shape index (κ1) is 28.5. The minimum atomic E-state index is -0.845. The highest BCUT2D eigenvalue weighted by Crippen LogP contribution is 2.41. The van der Waals surface area contributed by atoms with E-state index in [4.69, 9.17) is 9.47 Å². The van der Waals surface area contributed by atoms with Gasteiger partial charge in [0.15, 0.2) is 5.79 Å². The standard InChI is InChI=1S/C31H35BrFN5O4/c1-31(36-30(40)41-2)34-26-12-3-19(15-27(26)35-31)13-14-38-28(39)18-42-29(38)25-17-37(23-10-6-21(32)7-11-23)16-24(25)20-4-8-22(33)9-5-20/h4-12,15,19,24-25,29,34-35H,3,13-14,16-18H2,1-2H3,(H,36,40). The maximum Gasteiger partial charge on any atom is 0.410 e. The van der Waals surface area contributed by atoms with Gasteiger partial charge in [0, 0.05) is 41.6 Å². The van der Waals surface area contributed by atoms with Crippen LogP contribution in [0.2, 0.25) is 0 Å². The number of allylic oxidation sites excluding steroid dienone is 2. The van der Waals surface area contributed by atoms with E-state index in [2.05, 4.69) is 61.1 Å². The third kappa shape index (κ3) is 5.85. The van der Waals surface area contributed by atoms with Crippen LogP contribution in [0.5, 0.6) is 0 Å². The average molecular weight is 641 g/mol. The number of halogens is 2. The second-order valence-electron chi connectivity index (χ2n) is 11.5. The highest BCUT2D eigenvalue weighted by atomic mass is 79.9. The normalized spacial score (nSPS) is 28.5. The lowest BCUT2D eigenvalue weighted by Crippen LogP contribution is -2.59. The van der Waals surface area contributed by atoms with Crippen LogP contribution in [0.1, 0.15) is 31.2 Å². The molecule has 6 rings (SSSR count). The zero-order valence-electron chi connectivity index (χ0n) is 23.6. The first-order valence-corrected chi connectivity index (χ1v) is 15.0. The first-order valence-electron chi connectivity index (χ1n) is 14.2. The van der Waals surface area contributed by atoms with Crippen molar-refractivity contribution in [2.24, 2.45) is 11.8 Å². The molecule has 1 aliphatic carbocycles. The van der Waals surface area contributed by atoms with Gasteiger partial charge in [-0.3, -0.25) is 10.1 Å². The van der Waals surface area contributed by atoms with E-state index >= 15 is 0 Å². The number of hydrogen-bond acceptors (Lipinski definition) is 7. The molecule has 0 bridgehead atoms. The molecule has 3 N–H and O–H groups in total. The predicted molar refractivity (Wildman–Crippen MR) is 160 cm³/mol. The van der Waals surface area contributed by atoms with Gasteiger partial charge in [-0.1, -0.05) is 40.2 Å². The molecule has 5 unspecified atom stereocenters. The smallest absolute Gasteiger partial charge is 0.410 e. The zero-order chi connectivity index (χ0) is 29.4. The minimum Gasteiger partial charge on any atom is -0.453 e. The Labute approximate surface area is 253 Å². The average Bonchev–Trinajstić information content (AvgIpc) is 3.66. The molecule has 11 heteroatoms. The molecule has 0 radical (unpaired) electrons. The first-order chi connectivity index (χ1) is 20.2. The number of ether oxygens (including phenoxy) is 2. The molecule has 2 aromatic carbocycles. The number of anilines is 1. The number of hydrogen-bond donors (Lipinski definition) is 3. The van der Waals surface area contributed by atoms with Crippen LogP contribution in [-0.2, 0) is 14.3 Å². The van der Waals surface area contributed by atoms with Crippen LogP contribution in [-0.4, -0.2) is 62.3 Å². The number of nitrogens with one attached hydrogen (secondary N) is 3. The summed E-state index contributed by atoms with van der Waals surface area (Å²) in [5.41, 5.74) is 4.00. The molecular weight excluding hydrogens is 605 g/mol. The molecule has 3 heterocycles. The third-order valence-electron chi connectivity index (χ3n) is 8.59. The van der Waals surface area contributed by atoms with Gasteiger partial charge in [0.05, 0.1) is 18.5 Å². The van der Waals surface area contributed by atoms with Gasteiger partial charge >= 0.3 is 6.09 Å². The lowest BCUT2D eigenvalue weighted by Gasteiger charge is -2.32. The van der Waals surface area contributed by atoms with Gasteiger partial charge in [-0.15, -0.1) is 0 Å². The number of carbonyl (C=O) groups is 2. The number of fused-ring (bicyclic) bond motifs is 1. The van der Waals surface area contributed by atoms with Crippen molar-refractivity contribution < 1.29 is 23.5 Å². The summed E-state index contributed by atoms with van der Waals surface area (Å²) in [5.74, 6) is -0.809. The van der Waals surface area contributed by atoms with E-state index in [0.717, 1.165) is 53.0 Å². The molecule has 0 spiro atoms. The molecule has 9 nitrogen and oxygen atoms in total. The van der Waals surface area contributed by atoms with E-state index < -0.39 is 11.9 Å². The molecule has 222 valence electrons. The van der Waals surface area contributed by atoms with Crippen LogP contribution in [0.4, 0.5) is 14.9 Å². The van der Waals surface area contributed by atoms with Gasteiger partial charge in [-0.2, -0.15) is 0 Å². The van der Waals surface area contributed by atoms with Crippen molar-refractivity contribution in [2.45, 2.75) is 37.7 Å². The molecule has 42 heavy (non-hydrogen) atoms. The number of carbonyl (C=O) groups excluding carboxylic acids is 2. The Kier molecular flexibility index (Phi) is 7.89. The SMILES string of the molecule is COC(=O)NC1(C)NC2=CCC(CCN3C(=O)COC3C3CN(c4ccc(Br)cc4)CC3c3ccc(F)cc3)C=C2N1. The Hall–Kier alpha value is -3.57. The maximum atomic E-state index is 13.8. The Morgan fingerprint density at radius 2 is 1.88 bits per heavy atom. The summed E-state index contributed by atoms with van der Waals surface area (Å²) in [7, 11) is 1.33. The Morgan fingerprint density at radius 3 is 2.62 bits per heavy atom. The van der Waals surface area contributed by atoms with Crippen LogP contribution in [0.3, 0.4) is 0 Å². The van der Waals surface area contributed by atoms with E-state index in [-0.39, 0.29) is 42.3 Å². The molecular formula is C31H35BrFN5O4. The second-order valence-corrected chi connectivity index (χ2v) is 12.4. The van der Waals surface area contributed by atoms with Crippen LogP contribution < -0.4 is 20.9 Å². The van der Waals surface area contributed by atoms with Gasteiger partial charge in [0.25, 0.3) is 5.91 Å². The molecule has 3 saturated heterocycles. The topological polar surface area (TPSA) is 95.2 Å². The number of amides is 2. The Balaban J connectivity index is 1.17. The molecule has 3 fully saturated rings. The number of methoxy groups -OCH3 is 1. The summed E-state index contributed by atoms with van der Waals surface area (Å²) in [6, 6.07) is 14.9. The summed E-state index contributed by atoms with van der Waals surface area (Å²) in [5, 5.41) is 9.41. The molecule has 3 aliphatic heterocycles. The number of rotatable bonds is 7. The minimum absolute atomic E-state index is 0.00449. The molecule has 2 aromatic rings. The monoisotopic (exact) mass is 639 g/mol. The molecule has 0 aromatic heterocycles.